The number of benzene rings is 2. The van der Waals surface area contributed by atoms with E-state index in [2.05, 4.69) is 4.98 Å². The predicted octanol–water partition coefficient (Wildman–Crippen LogP) is 4.44. The molecule has 2 N–H and O–H groups in total. The van der Waals surface area contributed by atoms with Crippen molar-refractivity contribution in [3.63, 3.8) is 0 Å². The molecule has 2 aromatic carbocycles. The van der Waals surface area contributed by atoms with Gasteiger partial charge in [-0.25, -0.2) is 8.78 Å². The standard InChI is InChI=1S/C25H23F2N3O3/c1-29-13-19-20(25(33)30-8-6-17(27)7-9-30)18-11-15(10-14-2-4-16(26)5-3-14)12-28-22(18)23(31)21(19)24(29)32/h2-5,11-13,17,31-32H,6-10H2,1H3. The van der Waals surface area contributed by atoms with Gasteiger partial charge in [-0.3, -0.25) is 9.78 Å². The molecule has 0 bridgehead atoms. The fourth-order valence-electron chi connectivity index (χ4n) is 4.56. The third-order valence-corrected chi connectivity index (χ3v) is 6.34. The number of phenolic OH excluding ortho intramolecular Hbond substituents is 1. The third-order valence-electron chi connectivity index (χ3n) is 6.34. The van der Waals surface area contributed by atoms with Crippen molar-refractivity contribution in [2.24, 2.45) is 7.05 Å². The number of pyridine rings is 1. The van der Waals surface area contributed by atoms with E-state index < -0.39 is 6.17 Å². The first kappa shape index (κ1) is 21.2. The fourth-order valence-corrected chi connectivity index (χ4v) is 4.56. The molecule has 0 unspecified atom stereocenters. The van der Waals surface area contributed by atoms with Gasteiger partial charge in [0, 0.05) is 43.3 Å². The summed E-state index contributed by atoms with van der Waals surface area (Å²) in [6, 6.07) is 7.93. The number of carbonyl (C=O) groups excluding carboxylic acids is 1. The molecule has 0 saturated carbocycles. The number of fused-ring (bicyclic) bond motifs is 2. The minimum atomic E-state index is -0.921. The summed E-state index contributed by atoms with van der Waals surface area (Å²) in [4.78, 5) is 19.7. The van der Waals surface area contributed by atoms with Gasteiger partial charge in [-0.15, -0.1) is 0 Å². The van der Waals surface area contributed by atoms with E-state index in [1.54, 1.807) is 42.5 Å². The zero-order chi connectivity index (χ0) is 23.3. The number of halogens is 2. The average molecular weight is 451 g/mol. The number of hydrogen-bond acceptors (Lipinski definition) is 4. The van der Waals surface area contributed by atoms with Crippen LogP contribution in [0.25, 0.3) is 21.7 Å². The molecule has 0 atom stereocenters. The lowest BCUT2D eigenvalue weighted by atomic mass is 9.96. The number of likely N-dealkylation sites (tertiary alicyclic amines) is 1. The lowest BCUT2D eigenvalue weighted by molar-refractivity contribution is 0.0671. The molecule has 1 amide bonds. The van der Waals surface area contributed by atoms with E-state index in [1.165, 1.54) is 16.7 Å². The van der Waals surface area contributed by atoms with Crippen molar-refractivity contribution in [2.75, 3.05) is 13.1 Å². The van der Waals surface area contributed by atoms with Gasteiger partial charge in [0.2, 0.25) is 5.88 Å². The van der Waals surface area contributed by atoms with Crippen LogP contribution in [0.5, 0.6) is 11.6 Å². The molecule has 0 aliphatic carbocycles. The molecule has 170 valence electrons. The van der Waals surface area contributed by atoms with Gasteiger partial charge < -0.3 is 19.7 Å². The summed E-state index contributed by atoms with van der Waals surface area (Å²) in [7, 11) is 1.62. The maximum Gasteiger partial charge on any atom is 0.255 e. The summed E-state index contributed by atoms with van der Waals surface area (Å²) < 4.78 is 28.4. The summed E-state index contributed by atoms with van der Waals surface area (Å²) in [5.41, 5.74) is 2.18. The molecule has 0 spiro atoms. The largest absolute Gasteiger partial charge is 0.505 e. The number of piperidine rings is 1. The van der Waals surface area contributed by atoms with Gasteiger partial charge in [0.05, 0.1) is 10.9 Å². The highest BCUT2D eigenvalue weighted by molar-refractivity contribution is 6.21. The first-order valence-corrected chi connectivity index (χ1v) is 10.8. The van der Waals surface area contributed by atoms with Crippen LogP contribution in [0.1, 0.15) is 34.3 Å². The van der Waals surface area contributed by atoms with Crippen molar-refractivity contribution in [1.82, 2.24) is 14.5 Å². The van der Waals surface area contributed by atoms with Crippen molar-refractivity contribution in [2.45, 2.75) is 25.4 Å². The molecule has 4 aromatic rings. The molecule has 1 fully saturated rings. The molecular formula is C25H23F2N3O3. The van der Waals surface area contributed by atoms with Crippen LogP contribution >= 0.6 is 0 Å². The molecule has 1 aliphatic heterocycles. The van der Waals surface area contributed by atoms with Crippen LogP contribution in [0, 0.1) is 5.82 Å². The Bertz CT molecular complexity index is 1370. The normalized spacial score (nSPS) is 14.9. The number of hydrogen-bond donors (Lipinski definition) is 2. The van der Waals surface area contributed by atoms with Gasteiger partial charge in [-0.2, -0.15) is 0 Å². The number of aromatic nitrogens is 2. The number of alkyl halides is 1. The van der Waals surface area contributed by atoms with Gasteiger partial charge in [-0.05, 0) is 48.6 Å². The highest BCUT2D eigenvalue weighted by Crippen LogP contribution is 2.42. The number of amides is 1. The van der Waals surface area contributed by atoms with Crippen LogP contribution in [0.4, 0.5) is 8.78 Å². The molecule has 5 rings (SSSR count). The SMILES string of the molecule is Cn1cc2c(C(=O)N3CCC(F)CC3)c3cc(Cc4ccc(F)cc4)cnc3c(O)c2c1O. The zero-order valence-corrected chi connectivity index (χ0v) is 18.1. The van der Waals surface area contributed by atoms with Crippen LogP contribution in [0.2, 0.25) is 0 Å². The van der Waals surface area contributed by atoms with Crippen molar-refractivity contribution >= 4 is 27.6 Å². The van der Waals surface area contributed by atoms with E-state index in [1.807, 2.05) is 0 Å². The van der Waals surface area contributed by atoms with E-state index in [-0.39, 0.29) is 47.1 Å². The first-order chi connectivity index (χ1) is 15.8. The minimum absolute atomic E-state index is 0.160. The lowest BCUT2D eigenvalue weighted by Crippen LogP contribution is -2.39. The molecule has 8 heteroatoms. The molecule has 33 heavy (non-hydrogen) atoms. The van der Waals surface area contributed by atoms with Crippen molar-refractivity contribution in [3.05, 3.63) is 65.2 Å². The summed E-state index contributed by atoms with van der Waals surface area (Å²) in [5.74, 6) is -0.983. The van der Waals surface area contributed by atoms with E-state index in [9.17, 15) is 23.8 Å². The Morgan fingerprint density at radius 1 is 1.12 bits per heavy atom. The maximum atomic E-state index is 13.7. The van der Waals surface area contributed by atoms with Crippen LogP contribution < -0.4 is 0 Å². The summed E-state index contributed by atoms with van der Waals surface area (Å²) in [6.45, 7) is 0.594. The van der Waals surface area contributed by atoms with Crippen molar-refractivity contribution in [1.29, 1.82) is 0 Å². The molecule has 1 aliphatic rings. The zero-order valence-electron chi connectivity index (χ0n) is 18.1. The number of aromatic hydroxyl groups is 2. The Hall–Kier alpha value is -3.68. The quantitative estimate of drug-likeness (QED) is 0.483. The molecule has 1 saturated heterocycles. The highest BCUT2D eigenvalue weighted by atomic mass is 19.1. The van der Waals surface area contributed by atoms with Crippen molar-refractivity contribution < 1.29 is 23.8 Å². The van der Waals surface area contributed by atoms with E-state index in [4.69, 9.17) is 0 Å². The van der Waals surface area contributed by atoms with Crippen LogP contribution in [-0.2, 0) is 13.5 Å². The minimum Gasteiger partial charge on any atom is -0.505 e. The molecule has 3 heterocycles. The van der Waals surface area contributed by atoms with E-state index in [0.717, 1.165) is 11.1 Å². The Labute approximate surface area is 188 Å². The number of carbonyl (C=O) groups is 1. The van der Waals surface area contributed by atoms with Crippen LogP contribution in [0.3, 0.4) is 0 Å². The summed E-state index contributed by atoms with van der Waals surface area (Å²) in [5, 5.41) is 22.5. The molecule has 0 radical (unpaired) electrons. The average Bonchev–Trinajstić information content (AvgIpc) is 3.10. The molecular weight excluding hydrogens is 428 g/mol. The predicted molar refractivity (Wildman–Crippen MR) is 121 cm³/mol. The third kappa shape index (κ3) is 3.65. The Morgan fingerprint density at radius 2 is 1.82 bits per heavy atom. The maximum absolute atomic E-state index is 13.7. The second-order valence-corrected chi connectivity index (χ2v) is 8.59. The Balaban J connectivity index is 1.69. The van der Waals surface area contributed by atoms with Crippen LogP contribution in [-0.4, -0.2) is 49.8 Å². The van der Waals surface area contributed by atoms with E-state index >= 15 is 0 Å². The highest BCUT2D eigenvalue weighted by Gasteiger charge is 2.29. The first-order valence-electron chi connectivity index (χ1n) is 10.8. The second kappa shape index (κ2) is 8.03. The number of aryl methyl sites for hydroxylation is 1. The Morgan fingerprint density at radius 3 is 2.52 bits per heavy atom. The van der Waals surface area contributed by atoms with Gasteiger partial charge in [-0.1, -0.05) is 12.1 Å². The Kier molecular flexibility index (Phi) is 5.15. The number of phenols is 1. The van der Waals surface area contributed by atoms with Gasteiger partial charge >= 0.3 is 0 Å². The lowest BCUT2D eigenvalue weighted by Gasteiger charge is -2.29. The smallest absolute Gasteiger partial charge is 0.255 e. The molecule has 6 nitrogen and oxygen atoms in total. The van der Waals surface area contributed by atoms with Gasteiger partial charge in [0.1, 0.15) is 17.5 Å². The molecule has 2 aromatic heterocycles. The second-order valence-electron chi connectivity index (χ2n) is 8.59. The van der Waals surface area contributed by atoms with Gasteiger partial charge in [0.25, 0.3) is 5.91 Å². The number of rotatable bonds is 3. The summed E-state index contributed by atoms with van der Waals surface area (Å²) in [6.07, 6.45) is 3.29. The van der Waals surface area contributed by atoms with Crippen LogP contribution in [0.15, 0.2) is 42.7 Å². The van der Waals surface area contributed by atoms with Gasteiger partial charge in [0.15, 0.2) is 5.75 Å². The number of nitrogens with zero attached hydrogens (tertiary/aromatic N) is 3. The van der Waals surface area contributed by atoms with E-state index in [0.29, 0.717) is 35.8 Å². The van der Waals surface area contributed by atoms with Crippen molar-refractivity contribution in [3.8, 4) is 11.6 Å². The topological polar surface area (TPSA) is 78.6 Å². The summed E-state index contributed by atoms with van der Waals surface area (Å²) >= 11 is 0. The fraction of sp³-hybridized carbons (Fsp3) is 0.280. The monoisotopic (exact) mass is 451 g/mol.